The Kier molecular flexibility index (Phi) is 5.13. The first-order chi connectivity index (χ1) is 10.2. The van der Waals surface area contributed by atoms with Crippen LogP contribution in [0.5, 0.6) is 5.75 Å². The van der Waals surface area contributed by atoms with Crippen molar-refractivity contribution in [3.05, 3.63) is 28.2 Å². The van der Waals surface area contributed by atoms with E-state index < -0.39 is 0 Å². The molecule has 1 spiro atoms. The lowest BCUT2D eigenvalue weighted by Crippen LogP contribution is -2.45. The van der Waals surface area contributed by atoms with Gasteiger partial charge in [0.15, 0.2) is 0 Å². The van der Waals surface area contributed by atoms with Gasteiger partial charge in [-0.25, -0.2) is 0 Å². The fraction of sp³-hybridized carbons (Fsp3) is 0.647. The SMILES string of the molecule is ClCc1cc(OC2CCOC3(CCCCC3)C2)ccc1Br. The molecule has 1 heterocycles. The van der Waals surface area contributed by atoms with Crippen molar-refractivity contribution in [1.82, 2.24) is 0 Å². The first-order valence-electron chi connectivity index (χ1n) is 7.86. The highest BCUT2D eigenvalue weighted by atomic mass is 79.9. The molecule has 2 nitrogen and oxygen atoms in total. The van der Waals surface area contributed by atoms with Crippen LogP contribution in [0.25, 0.3) is 0 Å². The van der Waals surface area contributed by atoms with Gasteiger partial charge in [0.05, 0.1) is 12.2 Å². The predicted molar refractivity (Wildman–Crippen MR) is 89.1 cm³/mol. The molecular formula is C17H22BrClO2. The van der Waals surface area contributed by atoms with Gasteiger partial charge in [-0.2, -0.15) is 0 Å². The molecular weight excluding hydrogens is 352 g/mol. The molecule has 1 saturated carbocycles. The van der Waals surface area contributed by atoms with Gasteiger partial charge in [-0.15, -0.1) is 11.6 Å². The number of hydrogen-bond acceptors (Lipinski definition) is 2. The molecule has 3 rings (SSSR count). The molecule has 1 aromatic carbocycles. The van der Waals surface area contributed by atoms with Crippen molar-refractivity contribution in [2.24, 2.45) is 0 Å². The van der Waals surface area contributed by atoms with Gasteiger partial charge in [0.2, 0.25) is 0 Å². The zero-order chi connectivity index (χ0) is 14.7. The third kappa shape index (κ3) is 3.75. The zero-order valence-corrected chi connectivity index (χ0v) is 14.6. The average Bonchev–Trinajstić information content (AvgIpc) is 2.50. The standard InChI is InChI=1S/C17H22BrClO2/c18-16-5-4-14(10-13(16)12-19)21-15-6-9-20-17(11-15)7-2-1-3-8-17/h4-5,10,15H,1-3,6-9,11-12H2. The molecule has 1 aliphatic heterocycles. The summed E-state index contributed by atoms with van der Waals surface area (Å²) in [5.74, 6) is 1.42. The monoisotopic (exact) mass is 372 g/mol. The molecule has 2 fully saturated rings. The van der Waals surface area contributed by atoms with Crippen LogP contribution in [0.1, 0.15) is 50.5 Å². The van der Waals surface area contributed by atoms with Gasteiger partial charge >= 0.3 is 0 Å². The van der Waals surface area contributed by atoms with Crippen LogP contribution in [0.4, 0.5) is 0 Å². The zero-order valence-electron chi connectivity index (χ0n) is 12.2. The quantitative estimate of drug-likeness (QED) is 0.656. The number of halogens is 2. The minimum absolute atomic E-state index is 0.0891. The number of alkyl halides is 1. The molecule has 0 aromatic heterocycles. The van der Waals surface area contributed by atoms with E-state index in [-0.39, 0.29) is 11.7 Å². The second-order valence-electron chi connectivity index (χ2n) is 6.21. The van der Waals surface area contributed by atoms with Crippen molar-refractivity contribution in [3.63, 3.8) is 0 Å². The Morgan fingerprint density at radius 3 is 2.86 bits per heavy atom. The van der Waals surface area contributed by atoms with Crippen LogP contribution in [-0.4, -0.2) is 18.3 Å². The van der Waals surface area contributed by atoms with Crippen LogP contribution in [0, 0.1) is 0 Å². The lowest BCUT2D eigenvalue weighted by molar-refractivity contribution is -0.129. The molecule has 116 valence electrons. The van der Waals surface area contributed by atoms with Crippen LogP contribution in [0.2, 0.25) is 0 Å². The van der Waals surface area contributed by atoms with E-state index >= 15 is 0 Å². The van der Waals surface area contributed by atoms with Crippen LogP contribution >= 0.6 is 27.5 Å². The summed E-state index contributed by atoms with van der Waals surface area (Å²) < 4.78 is 13.4. The maximum Gasteiger partial charge on any atom is 0.120 e. The molecule has 1 atom stereocenters. The Balaban J connectivity index is 1.67. The lowest BCUT2D eigenvalue weighted by Gasteiger charge is -2.43. The van der Waals surface area contributed by atoms with Gasteiger partial charge in [-0.3, -0.25) is 0 Å². The molecule has 0 N–H and O–H groups in total. The predicted octanol–water partition coefficient (Wildman–Crippen LogP) is 5.45. The van der Waals surface area contributed by atoms with Crippen molar-refractivity contribution >= 4 is 27.5 Å². The van der Waals surface area contributed by atoms with Gasteiger partial charge in [0.1, 0.15) is 11.9 Å². The van der Waals surface area contributed by atoms with Crippen molar-refractivity contribution in [2.75, 3.05) is 6.61 Å². The van der Waals surface area contributed by atoms with Crippen LogP contribution in [0.3, 0.4) is 0 Å². The first kappa shape index (κ1) is 15.6. The molecule has 1 aromatic rings. The van der Waals surface area contributed by atoms with E-state index in [0.29, 0.717) is 5.88 Å². The summed E-state index contributed by atoms with van der Waals surface area (Å²) in [5.41, 5.74) is 1.17. The number of hydrogen-bond donors (Lipinski definition) is 0. The molecule has 1 saturated heterocycles. The van der Waals surface area contributed by atoms with Crippen molar-refractivity contribution in [2.45, 2.75) is 62.5 Å². The third-order valence-corrected chi connectivity index (χ3v) is 5.74. The smallest absolute Gasteiger partial charge is 0.120 e. The summed E-state index contributed by atoms with van der Waals surface area (Å²) in [6, 6.07) is 6.08. The van der Waals surface area contributed by atoms with Gasteiger partial charge < -0.3 is 9.47 Å². The minimum atomic E-state index is 0.0891. The van der Waals surface area contributed by atoms with E-state index in [2.05, 4.69) is 15.9 Å². The largest absolute Gasteiger partial charge is 0.490 e. The van der Waals surface area contributed by atoms with E-state index in [1.54, 1.807) is 0 Å². The molecule has 2 aliphatic rings. The highest BCUT2D eigenvalue weighted by Crippen LogP contribution is 2.39. The van der Waals surface area contributed by atoms with Crippen molar-refractivity contribution < 1.29 is 9.47 Å². The van der Waals surface area contributed by atoms with Gasteiger partial charge in [0, 0.05) is 23.2 Å². The summed E-state index contributed by atoms with van der Waals surface area (Å²) in [5, 5.41) is 0. The van der Waals surface area contributed by atoms with E-state index in [4.69, 9.17) is 21.1 Å². The van der Waals surface area contributed by atoms with E-state index in [9.17, 15) is 0 Å². The van der Waals surface area contributed by atoms with E-state index in [1.165, 1.54) is 32.1 Å². The molecule has 1 aliphatic carbocycles. The van der Waals surface area contributed by atoms with Gasteiger partial charge in [-0.05, 0) is 36.6 Å². The Bertz CT molecular complexity index is 480. The normalized spacial score (nSPS) is 25.0. The molecule has 0 radical (unpaired) electrons. The third-order valence-electron chi connectivity index (χ3n) is 4.68. The number of ether oxygens (including phenoxy) is 2. The highest BCUT2D eigenvalue weighted by Gasteiger charge is 2.39. The highest BCUT2D eigenvalue weighted by molar-refractivity contribution is 9.10. The van der Waals surface area contributed by atoms with Crippen LogP contribution in [-0.2, 0) is 10.6 Å². The lowest BCUT2D eigenvalue weighted by atomic mass is 9.79. The molecule has 0 amide bonds. The van der Waals surface area contributed by atoms with Gasteiger partial charge in [0.25, 0.3) is 0 Å². The summed E-state index contributed by atoms with van der Waals surface area (Å²) in [4.78, 5) is 0. The molecule has 1 unspecified atom stereocenters. The van der Waals surface area contributed by atoms with Gasteiger partial charge in [-0.1, -0.05) is 35.2 Å². The van der Waals surface area contributed by atoms with Crippen LogP contribution in [0.15, 0.2) is 22.7 Å². The molecule has 21 heavy (non-hydrogen) atoms. The van der Waals surface area contributed by atoms with E-state index in [0.717, 1.165) is 35.2 Å². The summed E-state index contributed by atoms with van der Waals surface area (Å²) in [6.45, 7) is 0.823. The minimum Gasteiger partial charge on any atom is -0.490 e. The second kappa shape index (κ2) is 6.89. The fourth-order valence-electron chi connectivity index (χ4n) is 3.55. The number of benzene rings is 1. The van der Waals surface area contributed by atoms with Crippen LogP contribution < -0.4 is 4.74 Å². The summed E-state index contributed by atoms with van der Waals surface area (Å²) in [6.07, 6.45) is 8.60. The first-order valence-corrected chi connectivity index (χ1v) is 9.19. The molecule has 0 bridgehead atoms. The Morgan fingerprint density at radius 1 is 1.29 bits per heavy atom. The summed E-state index contributed by atoms with van der Waals surface area (Å²) >= 11 is 9.47. The Hall–Kier alpha value is -0.250. The van der Waals surface area contributed by atoms with Crippen molar-refractivity contribution in [3.8, 4) is 5.75 Å². The average molecular weight is 374 g/mol. The van der Waals surface area contributed by atoms with Crippen molar-refractivity contribution in [1.29, 1.82) is 0 Å². The fourth-order valence-corrected chi connectivity index (χ4v) is 4.32. The Labute approximate surface area is 140 Å². The maximum absolute atomic E-state index is 6.22. The summed E-state index contributed by atoms with van der Waals surface area (Å²) in [7, 11) is 0. The molecule has 4 heteroatoms. The Morgan fingerprint density at radius 2 is 2.10 bits per heavy atom. The van der Waals surface area contributed by atoms with E-state index in [1.807, 2.05) is 18.2 Å². The second-order valence-corrected chi connectivity index (χ2v) is 7.33. The topological polar surface area (TPSA) is 18.5 Å². The maximum atomic E-state index is 6.22. The number of rotatable bonds is 3.